The minimum absolute atomic E-state index is 0.0979. The summed E-state index contributed by atoms with van der Waals surface area (Å²) >= 11 is 0. The van der Waals surface area contributed by atoms with Crippen LogP contribution < -0.4 is 0 Å². The van der Waals surface area contributed by atoms with Gasteiger partial charge in [0.2, 0.25) is 5.91 Å². The molecule has 0 aliphatic carbocycles. The zero-order valence-corrected chi connectivity index (χ0v) is 12.1. The highest BCUT2D eigenvalue weighted by Gasteiger charge is 2.15. The SMILES string of the molecule is O=C(Cc1ccc(O)c(O)c1)N(CCO)Cc1ccccc1. The van der Waals surface area contributed by atoms with Crippen molar-refractivity contribution in [1.29, 1.82) is 0 Å². The smallest absolute Gasteiger partial charge is 0.227 e. The third-order valence-corrected chi connectivity index (χ3v) is 3.33. The van der Waals surface area contributed by atoms with Gasteiger partial charge in [-0.25, -0.2) is 0 Å². The van der Waals surface area contributed by atoms with Gasteiger partial charge in [-0.05, 0) is 23.3 Å². The lowest BCUT2D eigenvalue weighted by Crippen LogP contribution is -2.34. The van der Waals surface area contributed by atoms with Crippen LogP contribution in [-0.4, -0.2) is 39.3 Å². The standard InChI is InChI=1S/C17H19NO4/c19-9-8-18(12-13-4-2-1-3-5-13)17(22)11-14-6-7-15(20)16(21)10-14/h1-7,10,19-21H,8-9,11-12H2. The fourth-order valence-corrected chi connectivity index (χ4v) is 2.18. The minimum atomic E-state index is -0.248. The summed E-state index contributed by atoms with van der Waals surface area (Å²) < 4.78 is 0. The Morgan fingerprint density at radius 2 is 1.68 bits per heavy atom. The van der Waals surface area contributed by atoms with Gasteiger partial charge in [0, 0.05) is 13.1 Å². The minimum Gasteiger partial charge on any atom is -0.504 e. The van der Waals surface area contributed by atoms with Crippen molar-refractivity contribution in [3.8, 4) is 11.5 Å². The summed E-state index contributed by atoms with van der Waals surface area (Å²) in [6.45, 7) is 0.557. The third kappa shape index (κ3) is 4.23. The van der Waals surface area contributed by atoms with Gasteiger partial charge < -0.3 is 20.2 Å². The molecule has 0 unspecified atom stereocenters. The Labute approximate surface area is 129 Å². The quantitative estimate of drug-likeness (QED) is 0.709. The van der Waals surface area contributed by atoms with Gasteiger partial charge in [0.05, 0.1) is 13.0 Å². The molecule has 2 aromatic rings. The second-order valence-corrected chi connectivity index (χ2v) is 5.02. The summed E-state index contributed by atoms with van der Waals surface area (Å²) in [7, 11) is 0. The van der Waals surface area contributed by atoms with Gasteiger partial charge >= 0.3 is 0 Å². The average molecular weight is 301 g/mol. The molecular formula is C17H19NO4. The molecule has 0 atom stereocenters. The molecule has 0 fully saturated rings. The van der Waals surface area contributed by atoms with E-state index in [1.807, 2.05) is 30.3 Å². The monoisotopic (exact) mass is 301 g/mol. The number of amides is 1. The number of phenols is 2. The number of carbonyl (C=O) groups is 1. The maximum absolute atomic E-state index is 12.4. The van der Waals surface area contributed by atoms with Crippen molar-refractivity contribution in [3.63, 3.8) is 0 Å². The van der Waals surface area contributed by atoms with Crippen molar-refractivity contribution < 1.29 is 20.1 Å². The lowest BCUT2D eigenvalue weighted by atomic mass is 10.1. The van der Waals surface area contributed by atoms with Crippen LogP contribution in [0.5, 0.6) is 11.5 Å². The molecule has 0 aromatic heterocycles. The molecule has 0 aliphatic heterocycles. The molecule has 5 heteroatoms. The molecule has 5 nitrogen and oxygen atoms in total. The maximum Gasteiger partial charge on any atom is 0.227 e. The largest absolute Gasteiger partial charge is 0.504 e. The van der Waals surface area contributed by atoms with E-state index in [1.165, 1.54) is 12.1 Å². The summed E-state index contributed by atoms with van der Waals surface area (Å²) in [4.78, 5) is 13.9. The van der Waals surface area contributed by atoms with E-state index in [9.17, 15) is 15.0 Å². The zero-order chi connectivity index (χ0) is 15.9. The van der Waals surface area contributed by atoms with Crippen molar-refractivity contribution >= 4 is 5.91 Å². The van der Waals surface area contributed by atoms with E-state index in [0.29, 0.717) is 12.1 Å². The van der Waals surface area contributed by atoms with E-state index >= 15 is 0 Å². The molecule has 0 bridgehead atoms. The van der Waals surface area contributed by atoms with Crippen LogP contribution in [0.25, 0.3) is 0 Å². The van der Waals surface area contributed by atoms with Crippen molar-refractivity contribution in [3.05, 3.63) is 59.7 Å². The highest BCUT2D eigenvalue weighted by molar-refractivity contribution is 5.79. The number of phenolic OH excluding ortho intramolecular Hbond substituents is 2. The molecule has 116 valence electrons. The number of hydrogen-bond donors (Lipinski definition) is 3. The van der Waals surface area contributed by atoms with Crippen molar-refractivity contribution in [2.24, 2.45) is 0 Å². The number of rotatable bonds is 6. The number of carbonyl (C=O) groups excluding carboxylic acids is 1. The molecule has 0 saturated heterocycles. The molecule has 1 amide bonds. The molecular weight excluding hydrogens is 282 g/mol. The van der Waals surface area contributed by atoms with Crippen LogP contribution >= 0.6 is 0 Å². The predicted molar refractivity (Wildman–Crippen MR) is 82.4 cm³/mol. The van der Waals surface area contributed by atoms with Gasteiger partial charge in [-0.3, -0.25) is 4.79 Å². The first-order chi connectivity index (χ1) is 10.6. The second-order valence-electron chi connectivity index (χ2n) is 5.02. The molecule has 2 aromatic carbocycles. The molecule has 22 heavy (non-hydrogen) atoms. The Hall–Kier alpha value is -2.53. The highest BCUT2D eigenvalue weighted by atomic mass is 16.3. The van der Waals surface area contributed by atoms with Gasteiger partial charge in [-0.2, -0.15) is 0 Å². The van der Waals surface area contributed by atoms with Crippen molar-refractivity contribution in [2.45, 2.75) is 13.0 Å². The van der Waals surface area contributed by atoms with Gasteiger partial charge in [0.15, 0.2) is 11.5 Å². The summed E-state index contributed by atoms with van der Waals surface area (Å²) in [5.41, 5.74) is 1.59. The number of aliphatic hydroxyl groups excluding tert-OH is 1. The second kappa shape index (κ2) is 7.47. The lowest BCUT2D eigenvalue weighted by Gasteiger charge is -2.22. The Morgan fingerprint density at radius 3 is 2.32 bits per heavy atom. The van der Waals surface area contributed by atoms with Crippen LogP contribution in [0.3, 0.4) is 0 Å². The summed E-state index contributed by atoms with van der Waals surface area (Å²) in [5.74, 6) is -0.613. The van der Waals surface area contributed by atoms with Gasteiger partial charge in [-0.1, -0.05) is 36.4 Å². The molecule has 0 spiro atoms. The Kier molecular flexibility index (Phi) is 5.38. The predicted octanol–water partition coefficient (Wildman–Crippen LogP) is 1.66. The van der Waals surface area contributed by atoms with Crippen LogP contribution in [0.2, 0.25) is 0 Å². The van der Waals surface area contributed by atoms with Gasteiger partial charge in [-0.15, -0.1) is 0 Å². The number of aliphatic hydroxyl groups is 1. The zero-order valence-electron chi connectivity index (χ0n) is 12.1. The normalized spacial score (nSPS) is 10.4. The lowest BCUT2D eigenvalue weighted by molar-refractivity contribution is -0.131. The Balaban J connectivity index is 2.07. The van der Waals surface area contributed by atoms with Gasteiger partial charge in [0.25, 0.3) is 0 Å². The van der Waals surface area contributed by atoms with E-state index in [0.717, 1.165) is 5.56 Å². The number of hydrogen-bond acceptors (Lipinski definition) is 4. The fourth-order valence-electron chi connectivity index (χ4n) is 2.18. The summed E-state index contributed by atoms with van der Waals surface area (Å²) in [6, 6.07) is 13.9. The number of aromatic hydroxyl groups is 2. The van der Waals surface area contributed by atoms with Crippen molar-refractivity contribution in [1.82, 2.24) is 4.90 Å². The fraction of sp³-hybridized carbons (Fsp3) is 0.235. The summed E-state index contributed by atoms with van der Waals surface area (Å²) in [6.07, 6.45) is 0.0979. The first kappa shape index (κ1) is 15.9. The molecule has 2 rings (SSSR count). The van der Waals surface area contributed by atoms with Crippen molar-refractivity contribution in [2.75, 3.05) is 13.2 Å². The van der Waals surface area contributed by atoms with Crippen LogP contribution in [0.1, 0.15) is 11.1 Å². The first-order valence-corrected chi connectivity index (χ1v) is 7.03. The first-order valence-electron chi connectivity index (χ1n) is 7.03. The van der Waals surface area contributed by atoms with Crippen LogP contribution in [0.15, 0.2) is 48.5 Å². The third-order valence-electron chi connectivity index (χ3n) is 3.33. The highest BCUT2D eigenvalue weighted by Crippen LogP contribution is 2.25. The van der Waals surface area contributed by atoms with Crippen LogP contribution in [0, 0.1) is 0 Å². The van der Waals surface area contributed by atoms with Gasteiger partial charge in [0.1, 0.15) is 0 Å². The molecule has 0 radical (unpaired) electrons. The summed E-state index contributed by atoms with van der Waals surface area (Å²) in [5, 5.41) is 27.9. The number of benzene rings is 2. The Morgan fingerprint density at radius 1 is 0.955 bits per heavy atom. The average Bonchev–Trinajstić information content (AvgIpc) is 2.51. The van der Waals surface area contributed by atoms with E-state index < -0.39 is 0 Å². The van der Waals surface area contributed by atoms with E-state index in [2.05, 4.69) is 0 Å². The van der Waals surface area contributed by atoms with E-state index in [-0.39, 0.29) is 37.0 Å². The molecule has 0 aliphatic rings. The Bertz CT molecular complexity index is 628. The number of nitrogens with zero attached hydrogens (tertiary/aromatic N) is 1. The molecule has 3 N–H and O–H groups in total. The van der Waals surface area contributed by atoms with Crippen LogP contribution in [0.4, 0.5) is 0 Å². The van der Waals surface area contributed by atoms with E-state index in [1.54, 1.807) is 11.0 Å². The molecule has 0 saturated carbocycles. The van der Waals surface area contributed by atoms with E-state index in [4.69, 9.17) is 5.11 Å². The maximum atomic E-state index is 12.4. The molecule has 0 heterocycles. The van der Waals surface area contributed by atoms with Crippen LogP contribution in [-0.2, 0) is 17.8 Å². The topological polar surface area (TPSA) is 81.0 Å².